The van der Waals surface area contributed by atoms with Gasteiger partial charge in [0.2, 0.25) is 0 Å². The van der Waals surface area contributed by atoms with E-state index in [1.807, 2.05) is 0 Å². The normalized spacial score (nSPS) is 12.9. The maximum absolute atomic E-state index is 13.1. The van der Waals surface area contributed by atoms with E-state index in [1.54, 1.807) is 0 Å². The van der Waals surface area contributed by atoms with Crippen LogP contribution in [0.25, 0.3) is 0 Å². The quantitative estimate of drug-likeness (QED) is 0.658. The smallest absolute Gasteiger partial charge is 0.282 e. The zero-order valence-electron chi connectivity index (χ0n) is 8.55. The molecule has 5 nitrogen and oxygen atoms in total. The summed E-state index contributed by atoms with van der Waals surface area (Å²) in [6.07, 6.45) is 0. The largest absolute Gasteiger partial charge is 0.427 e. The van der Waals surface area contributed by atoms with Crippen molar-refractivity contribution in [2.75, 3.05) is 0 Å². The van der Waals surface area contributed by atoms with Crippen molar-refractivity contribution in [3.63, 3.8) is 0 Å². The first kappa shape index (κ1) is 18.4. The molecular weight excluding hydrogens is 356 g/mol. The van der Waals surface area contributed by atoms with Crippen LogP contribution < -0.4 is 0 Å². The highest BCUT2D eigenvalue weighted by Gasteiger charge is 2.45. The maximum Gasteiger partial charge on any atom is 0.427 e. The number of sulfone groups is 1. The standard InChI is InChI=1S/C7H4ClF3O5S2.ClH/c8-7(10,11)17(12,13)6-3-4(18(14,15)16)1-2-5(6)9;/h1-3H,(H,14,15,16);1H. The molecule has 0 saturated heterocycles. The van der Waals surface area contributed by atoms with Crippen LogP contribution in [0, 0.1) is 5.82 Å². The average Bonchev–Trinajstić information content (AvgIpc) is 2.14. The lowest BCUT2D eigenvalue weighted by Crippen LogP contribution is -2.23. The van der Waals surface area contributed by atoms with E-state index in [-0.39, 0.29) is 18.5 Å². The number of benzene rings is 1. The van der Waals surface area contributed by atoms with E-state index in [0.29, 0.717) is 12.1 Å². The number of hydrogen-bond acceptors (Lipinski definition) is 4. The number of hydrogen-bond donors (Lipinski definition) is 1. The fraction of sp³-hybridized carbons (Fsp3) is 0.143. The van der Waals surface area contributed by atoms with Crippen molar-refractivity contribution in [3.05, 3.63) is 24.0 Å². The molecule has 19 heavy (non-hydrogen) atoms. The van der Waals surface area contributed by atoms with E-state index in [1.165, 1.54) is 0 Å². The van der Waals surface area contributed by atoms with Gasteiger partial charge in [-0.2, -0.15) is 17.2 Å². The Labute approximate surface area is 117 Å². The van der Waals surface area contributed by atoms with Crippen LogP contribution in [0.1, 0.15) is 0 Å². The molecule has 0 unspecified atom stereocenters. The van der Waals surface area contributed by atoms with Gasteiger partial charge in [-0.05, 0) is 29.8 Å². The second-order valence-electron chi connectivity index (χ2n) is 3.02. The molecule has 0 radical (unpaired) electrons. The third-order valence-electron chi connectivity index (χ3n) is 1.79. The van der Waals surface area contributed by atoms with E-state index < -0.39 is 40.3 Å². The van der Waals surface area contributed by atoms with Gasteiger partial charge in [0.1, 0.15) is 10.7 Å². The van der Waals surface area contributed by atoms with Crippen LogP contribution in [0.15, 0.2) is 28.0 Å². The lowest BCUT2D eigenvalue weighted by Gasteiger charge is -2.10. The zero-order chi connectivity index (χ0) is 14.4. The Morgan fingerprint density at radius 2 is 1.63 bits per heavy atom. The van der Waals surface area contributed by atoms with E-state index in [4.69, 9.17) is 4.55 Å². The molecule has 0 aliphatic carbocycles. The summed E-state index contributed by atoms with van der Waals surface area (Å²) in [6.45, 7) is 0. The van der Waals surface area contributed by atoms with E-state index in [2.05, 4.69) is 11.6 Å². The van der Waals surface area contributed by atoms with E-state index in [0.717, 1.165) is 0 Å². The van der Waals surface area contributed by atoms with Crippen LogP contribution in [0.3, 0.4) is 0 Å². The van der Waals surface area contributed by atoms with Gasteiger partial charge in [-0.3, -0.25) is 4.55 Å². The van der Waals surface area contributed by atoms with Gasteiger partial charge in [0.25, 0.3) is 20.0 Å². The molecule has 1 rings (SSSR count). The van der Waals surface area contributed by atoms with Crippen molar-refractivity contribution in [1.29, 1.82) is 0 Å². The summed E-state index contributed by atoms with van der Waals surface area (Å²) in [5.41, 5.74) is 0. The minimum absolute atomic E-state index is 0. The topological polar surface area (TPSA) is 88.5 Å². The SMILES string of the molecule is Cl.O=S(=O)(O)c1ccc(F)c(S(=O)(=O)C(F)(F)Cl)c1. The third kappa shape index (κ3) is 3.72. The summed E-state index contributed by atoms with van der Waals surface area (Å²) < 4.78 is 85.8. The highest BCUT2D eigenvalue weighted by atomic mass is 35.5. The summed E-state index contributed by atoms with van der Waals surface area (Å²) in [5.74, 6) is -1.62. The van der Waals surface area contributed by atoms with Crippen molar-refractivity contribution >= 4 is 44.0 Å². The molecule has 1 N–H and O–H groups in total. The minimum Gasteiger partial charge on any atom is -0.282 e. The van der Waals surface area contributed by atoms with Crippen LogP contribution >= 0.6 is 24.0 Å². The van der Waals surface area contributed by atoms with Crippen molar-refractivity contribution < 1.29 is 34.6 Å². The Kier molecular flexibility index (Phi) is 5.29. The second kappa shape index (κ2) is 5.44. The summed E-state index contributed by atoms with van der Waals surface area (Å²) in [7, 11) is -10.5. The van der Waals surface area contributed by atoms with Crippen molar-refractivity contribution in [1.82, 2.24) is 0 Å². The first-order valence-electron chi connectivity index (χ1n) is 3.96. The third-order valence-corrected chi connectivity index (χ3v) is 4.76. The van der Waals surface area contributed by atoms with Gasteiger partial charge in [0.05, 0.1) is 4.90 Å². The molecule has 0 atom stereocenters. The fourth-order valence-corrected chi connectivity index (χ4v) is 2.66. The maximum atomic E-state index is 13.1. The van der Waals surface area contributed by atoms with Gasteiger partial charge in [-0.1, -0.05) is 0 Å². The molecule has 0 aliphatic rings. The number of alkyl halides is 3. The van der Waals surface area contributed by atoms with Gasteiger partial charge in [-0.15, -0.1) is 12.4 Å². The van der Waals surface area contributed by atoms with Crippen LogP contribution in [0.2, 0.25) is 0 Å². The monoisotopic (exact) mass is 360 g/mol. The lowest BCUT2D eigenvalue weighted by molar-refractivity contribution is 0.186. The van der Waals surface area contributed by atoms with Crippen LogP contribution in [-0.4, -0.2) is 26.1 Å². The van der Waals surface area contributed by atoms with Gasteiger partial charge in [-0.25, -0.2) is 12.8 Å². The fourth-order valence-electron chi connectivity index (χ4n) is 0.975. The zero-order valence-corrected chi connectivity index (χ0v) is 11.8. The molecule has 0 amide bonds. The highest BCUT2D eigenvalue weighted by molar-refractivity contribution is 7.93. The van der Waals surface area contributed by atoms with Gasteiger partial charge in [0, 0.05) is 0 Å². The van der Waals surface area contributed by atoms with E-state index in [9.17, 15) is 30.0 Å². The Morgan fingerprint density at radius 1 is 1.16 bits per heavy atom. The van der Waals surface area contributed by atoms with Crippen LogP contribution in [-0.2, 0) is 20.0 Å². The Bertz CT molecular complexity index is 681. The molecule has 110 valence electrons. The summed E-state index contributed by atoms with van der Waals surface area (Å²) >= 11 is 4.30. The first-order chi connectivity index (χ1) is 7.87. The second-order valence-corrected chi connectivity index (χ2v) is 7.10. The van der Waals surface area contributed by atoms with E-state index >= 15 is 0 Å². The van der Waals surface area contributed by atoms with Crippen molar-refractivity contribution in [3.8, 4) is 0 Å². The predicted octanol–water partition coefficient (Wildman–Crippen LogP) is 2.06. The summed E-state index contributed by atoms with van der Waals surface area (Å²) in [4.78, 5) is -2.68. The lowest BCUT2D eigenvalue weighted by atomic mass is 10.3. The van der Waals surface area contributed by atoms with Gasteiger partial charge < -0.3 is 0 Å². The van der Waals surface area contributed by atoms with Crippen molar-refractivity contribution in [2.45, 2.75) is 14.5 Å². The minimum atomic E-state index is -5.61. The molecular formula is C7H5Cl2F3O5S2. The molecule has 1 aromatic rings. The van der Waals surface area contributed by atoms with Crippen molar-refractivity contribution in [2.24, 2.45) is 0 Å². The Hall–Kier alpha value is -0.550. The molecule has 0 fully saturated rings. The predicted molar refractivity (Wildman–Crippen MR) is 61.4 cm³/mol. The summed E-state index contributed by atoms with van der Waals surface area (Å²) in [6, 6.07) is 0.866. The number of halogens is 5. The van der Waals surface area contributed by atoms with Crippen LogP contribution in [0.5, 0.6) is 0 Å². The highest BCUT2D eigenvalue weighted by Crippen LogP contribution is 2.34. The Morgan fingerprint density at radius 3 is 2.00 bits per heavy atom. The molecule has 0 aliphatic heterocycles. The average molecular weight is 361 g/mol. The van der Waals surface area contributed by atoms with Crippen LogP contribution in [0.4, 0.5) is 13.2 Å². The van der Waals surface area contributed by atoms with Gasteiger partial charge in [0.15, 0.2) is 0 Å². The molecule has 1 aromatic carbocycles. The molecule has 12 heteroatoms. The molecule has 0 bridgehead atoms. The molecule has 0 heterocycles. The van der Waals surface area contributed by atoms with Gasteiger partial charge >= 0.3 is 4.71 Å². The first-order valence-corrected chi connectivity index (χ1v) is 7.26. The Balaban J connectivity index is 0.00000324. The molecule has 0 spiro atoms. The molecule has 0 aromatic heterocycles. The summed E-state index contributed by atoms with van der Waals surface area (Å²) in [5, 5.41) is 0. The number of rotatable bonds is 3. The molecule has 0 saturated carbocycles.